The summed E-state index contributed by atoms with van der Waals surface area (Å²) in [6.45, 7) is 4.46. The number of aliphatic hydroxyl groups is 1. The second-order valence-electron chi connectivity index (χ2n) is 4.81. The van der Waals surface area contributed by atoms with E-state index in [4.69, 9.17) is 0 Å². The van der Waals surface area contributed by atoms with Crippen molar-refractivity contribution in [1.29, 1.82) is 0 Å². The molecule has 0 radical (unpaired) electrons. The van der Waals surface area contributed by atoms with E-state index in [1.54, 1.807) is 12.4 Å². The number of carbonyl (C=O) groups is 1. The molecule has 0 bridgehead atoms. The lowest BCUT2D eigenvalue weighted by molar-refractivity contribution is -0.121. The number of aryl methyl sites for hydroxylation is 1. The van der Waals surface area contributed by atoms with Crippen molar-refractivity contribution in [1.82, 2.24) is 10.3 Å². The van der Waals surface area contributed by atoms with E-state index < -0.39 is 6.10 Å². The summed E-state index contributed by atoms with van der Waals surface area (Å²) in [6.07, 6.45) is 6.02. The number of amides is 1. The van der Waals surface area contributed by atoms with E-state index in [0.717, 1.165) is 18.4 Å². The molecule has 0 saturated carbocycles. The third kappa shape index (κ3) is 5.83. The normalized spacial score (nSPS) is 12.4. The Kier molecular flexibility index (Phi) is 7.11. The van der Waals surface area contributed by atoms with Gasteiger partial charge < -0.3 is 10.4 Å². The monoisotopic (exact) mass is 264 g/mol. The quantitative estimate of drug-likeness (QED) is 0.754. The van der Waals surface area contributed by atoms with Crippen LogP contribution in [0.25, 0.3) is 0 Å². The van der Waals surface area contributed by atoms with Gasteiger partial charge >= 0.3 is 0 Å². The summed E-state index contributed by atoms with van der Waals surface area (Å²) in [5.74, 6) is 0.243. The van der Waals surface area contributed by atoms with Gasteiger partial charge in [0.25, 0.3) is 0 Å². The molecule has 0 aliphatic rings. The second-order valence-corrected chi connectivity index (χ2v) is 4.81. The minimum atomic E-state index is -0.447. The lowest BCUT2D eigenvalue weighted by Gasteiger charge is -2.20. The average Bonchev–Trinajstić information content (AvgIpc) is 2.45. The van der Waals surface area contributed by atoms with Gasteiger partial charge in [0.2, 0.25) is 5.91 Å². The molecular weight excluding hydrogens is 240 g/mol. The Morgan fingerprint density at radius 2 is 2.16 bits per heavy atom. The van der Waals surface area contributed by atoms with Gasteiger partial charge in [-0.2, -0.15) is 0 Å². The molecule has 1 aromatic rings. The van der Waals surface area contributed by atoms with Crippen LogP contribution in [0, 0.1) is 5.92 Å². The molecule has 4 heteroatoms. The summed E-state index contributed by atoms with van der Waals surface area (Å²) in [7, 11) is 0. The van der Waals surface area contributed by atoms with Gasteiger partial charge in [0.15, 0.2) is 0 Å². The van der Waals surface area contributed by atoms with Crippen LogP contribution in [-0.4, -0.2) is 28.6 Å². The van der Waals surface area contributed by atoms with Crippen molar-refractivity contribution in [2.24, 2.45) is 5.92 Å². The standard InChI is InChI=1S/C15H24N2O2/c1-3-13(4-2)14(18)11-17-15(19)8-7-12-6-5-9-16-10-12/h5-6,9-10,13-14,18H,3-4,7-8,11H2,1-2H3,(H,17,19). The highest BCUT2D eigenvalue weighted by atomic mass is 16.3. The van der Waals surface area contributed by atoms with Gasteiger partial charge in [-0.1, -0.05) is 32.8 Å². The Labute approximate surface area is 115 Å². The van der Waals surface area contributed by atoms with Gasteiger partial charge in [-0.05, 0) is 24.0 Å². The lowest BCUT2D eigenvalue weighted by Crippen LogP contribution is -2.36. The summed E-state index contributed by atoms with van der Waals surface area (Å²) in [5.41, 5.74) is 1.05. The zero-order valence-corrected chi connectivity index (χ0v) is 11.8. The third-order valence-corrected chi connectivity index (χ3v) is 3.46. The number of pyridine rings is 1. The van der Waals surface area contributed by atoms with Crippen LogP contribution in [0.2, 0.25) is 0 Å². The van der Waals surface area contributed by atoms with Crippen LogP contribution in [0.1, 0.15) is 38.7 Å². The van der Waals surface area contributed by atoms with Gasteiger partial charge in [-0.15, -0.1) is 0 Å². The number of rotatable bonds is 8. The van der Waals surface area contributed by atoms with Crippen LogP contribution >= 0.6 is 0 Å². The van der Waals surface area contributed by atoms with E-state index in [1.807, 2.05) is 12.1 Å². The van der Waals surface area contributed by atoms with Crippen LogP contribution in [0.3, 0.4) is 0 Å². The van der Waals surface area contributed by atoms with E-state index in [-0.39, 0.29) is 11.8 Å². The van der Waals surface area contributed by atoms with E-state index in [9.17, 15) is 9.90 Å². The molecular formula is C15H24N2O2. The SMILES string of the molecule is CCC(CC)C(O)CNC(=O)CCc1cccnc1. The fraction of sp³-hybridized carbons (Fsp3) is 0.600. The summed E-state index contributed by atoms with van der Waals surface area (Å²) < 4.78 is 0. The van der Waals surface area contributed by atoms with Gasteiger partial charge in [-0.25, -0.2) is 0 Å². The highest BCUT2D eigenvalue weighted by Crippen LogP contribution is 2.12. The molecule has 0 aromatic carbocycles. The Morgan fingerprint density at radius 3 is 2.74 bits per heavy atom. The molecule has 1 amide bonds. The number of nitrogens with one attached hydrogen (secondary N) is 1. The number of aromatic nitrogens is 1. The Balaban J connectivity index is 2.24. The summed E-state index contributed by atoms with van der Waals surface area (Å²) >= 11 is 0. The molecule has 2 N–H and O–H groups in total. The predicted molar refractivity (Wildman–Crippen MR) is 75.6 cm³/mol. The molecule has 0 aliphatic heterocycles. The minimum absolute atomic E-state index is 0.0196. The van der Waals surface area contributed by atoms with Crippen molar-refractivity contribution in [2.75, 3.05) is 6.54 Å². The molecule has 1 atom stereocenters. The molecule has 0 spiro atoms. The first-order chi connectivity index (χ1) is 9.17. The second kappa shape index (κ2) is 8.64. The summed E-state index contributed by atoms with van der Waals surface area (Å²) in [5, 5.41) is 12.7. The molecule has 1 rings (SSSR count). The lowest BCUT2D eigenvalue weighted by atomic mass is 9.96. The maximum Gasteiger partial charge on any atom is 0.220 e. The van der Waals surface area contributed by atoms with Crippen molar-refractivity contribution in [3.63, 3.8) is 0 Å². The van der Waals surface area contributed by atoms with E-state index in [2.05, 4.69) is 24.1 Å². The number of aliphatic hydroxyl groups excluding tert-OH is 1. The summed E-state index contributed by atoms with van der Waals surface area (Å²) in [4.78, 5) is 15.7. The Morgan fingerprint density at radius 1 is 1.42 bits per heavy atom. The van der Waals surface area contributed by atoms with Gasteiger partial charge in [0.1, 0.15) is 0 Å². The van der Waals surface area contributed by atoms with Crippen LogP contribution in [0.5, 0.6) is 0 Å². The average molecular weight is 264 g/mol. The largest absolute Gasteiger partial charge is 0.391 e. The molecule has 1 heterocycles. The number of nitrogens with zero attached hydrogens (tertiary/aromatic N) is 1. The zero-order valence-electron chi connectivity index (χ0n) is 11.8. The van der Waals surface area contributed by atoms with Crippen molar-refractivity contribution in [2.45, 2.75) is 45.6 Å². The maximum absolute atomic E-state index is 11.7. The molecule has 1 unspecified atom stereocenters. The minimum Gasteiger partial charge on any atom is -0.391 e. The number of carbonyl (C=O) groups excluding carboxylic acids is 1. The zero-order chi connectivity index (χ0) is 14.1. The van der Waals surface area contributed by atoms with E-state index >= 15 is 0 Å². The molecule has 0 aliphatic carbocycles. The highest BCUT2D eigenvalue weighted by Gasteiger charge is 2.15. The fourth-order valence-electron chi connectivity index (χ4n) is 2.11. The number of hydrogen-bond acceptors (Lipinski definition) is 3. The maximum atomic E-state index is 11.7. The summed E-state index contributed by atoms with van der Waals surface area (Å²) in [6, 6.07) is 3.82. The van der Waals surface area contributed by atoms with Crippen LogP contribution in [0.15, 0.2) is 24.5 Å². The predicted octanol–water partition coefficient (Wildman–Crippen LogP) is 1.93. The van der Waals surface area contributed by atoms with Gasteiger partial charge in [-0.3, -0.25) is 9.78 Å². The Hall–Kier alpha value is -1.42. The number of hydrogen-bond donors (Lipinski definition) is 2. The van der Waals surface area contributed by atoms with Crippen molar-refractivity contribution >= 4 is 5.91 Å². The smallest absolute Gasteiger partial charge is 0.220 e. The molecule has 106 valence electrons. The van der Waals surface area contributed by atoms with Crippen molar-refractivity contribution in [3.05, 3.63) is 30.1 Å². The first kappa shape index (κ1) is 15.6. The molecule has 4 nitrogen and oxygen atoms in total. The van der Waals surface area contributed by atoms with E-state index in [0.29, 0.717) is 19.4 Å². The van der Waals surface area contributed by atoms with Gasteiger partial charge in [0, 0.05) is 25.4 Å². The topological polar surface area (TPSA) is 62.2 Å². The van der Waals surface area contributed by atoms with Crippen LogP contribution < -0.4 is 5.32 Å². The molecule has 1 aromatic heterocycles. The molecule has 19 heavy (non-hydrogen) atoms. The van der Waals surface area contributed by atoms with E-state index in [1.165, 1.54) is 0 Å². The van der Waals surface area contributed by atoms with Crippen LogP contribution in [0.4, 0.5) is 0 Å². The third-order valence-electron chi connectivity index (χ3n) is 3.46. The first-order valence-electron chi connectivity index (χ1n) is 7.01. The molecule has 0 saturated heterocycles. The van der Waals surface area contributed by atoms with Crippen molar-refractivity contribution in [3.8, 4) is 0 Å². The van der Waals surface area contributed by atoms with Gasteiger partial charge in [0.05, 0.1) is 6.10 Å². The van der Waals surface area contributed by atoms with Crippen LogP contribution in [-0.2, 0) is 11.2 Å². The fourth-order valence-corrected chi connectivity index (χ4v) is 2.11. The Bertz CT molecular complexity index is 364. The van der Waals surface area contributed by atoms with Crippen molar-refractivity contribution < 1.29 is 9.90 Å². The first-order valence-corrected chi connectivity index (χ1v) is 7.01. The highest BCUT2D eigenvalue weighted by molar-refractivity contribution is 5.76. The molecule has 0 fully saturated rings.